The summed E-state index contributed by atoms with van der Waals surface area (Å²) in [5, 5.41) is 11.6. The molecule has 0 aliphatic carbocycles. The van der Waals surface area contributed by atoms with E-state index in [1.54, 1.807) is 47.4 Å². The van der Waals surface area contributed by atoms with Crippen LogP contribution in [0.3, 0.4) is 0 Å². The van der Waals surface area contributed by atoms with Crippen molar-refractivity contribution in [3.63, 3.8) is 0 Å². The lowest BCUT2D eigenvalue weighted by molar-refractivity contribution is 0.0544. The number of amides is 1. The van der Waals surface area contributed by atoms with Gasteiger partial charge < -0.3 is 15.0 Å². The van der Waals surface area contributed by atoms with Crippen molar-refractivity contribution in [2.24, 2.45) is 5.92 Å². The molecule has 0 saturated carbocycles. The molecule has 1 fully saturated rings. The summed E-state index contributed by atoms with van der Waals surface area (Å²) in [7, 11) is 0. The van der Waals surface area contributed by atoms with Crippen LogP contribution < -0.4 is 5.32 Å². The molecule has 2 atom stereocenters. The molecule has 1 amide bonds. The van der Waals surface area contributed by atoms with Gasteiger partial charge >= 0.3 is 6.09 Å². The second kappa shape index (κ2) is 8.60. The maximum absolute atomic E-state index is 14.7. The molecule has 1 aromatic carbocycles. The van der Waals surface area contributed by atoms with Gasteiger partial charge in [-0.2, -0.15) is 0 Å². The summed E-state index contributed by atoms with van der Waals surface area (Å²) < 4.78 is 21.7. The zero-order valence-electron chi connectivity index (χ0n) is 15.5. The fourth-order valence-corrected chi connectivity index (χ4v) is 3.40. The van der Waals surface area contributed by atoms with E-state index in [0.29, 0.717) is 36.0 Å². The summed E-state index contributed by atoms with van der Waals surface area (Å²) in [5.41, 5.74) is 1.42. The number of anilines is 1. The lowest BCUT2D eigenvalue weighted by Crippen LogP contribution is -2.46. The van der Waals surface area contributed by atoms with Gasteiger partial charge in [-0.3, -0.25) is 4.40 Å². The minimum Gasteiger partial charge on any atom is -0.445 e. The molecule has 0 radical (unpaired) electrons. The highest BCUT2D eigenvalue weighted by Crippen LogP contribution is 2.23. The average Bonchev–Trinajstić information content (AvgIpc) is 3.22. The van der Waals surface area contributed by atoms with Crippen LogP contribution in [-0.2, 0) is 11.3 Å². The number of nitrogens with zero attached hydrogens (tertiary/aromatic N) is 5. The topological polar surface area (TPSA) is 84.7 Å². The number of alkyl halides is 1. The number of carbonyl (C=O) groups is 1. The number of nitrogens with one attached hydrogen (secondary N) is 1. The minimum atomic E-state index is -1.16. The molecule has 0 unspecified atom stereocenters. The number of halogens is 2. The van der Waals surface area contributed by atoms with Crippen molar-refractivity contribution < 1.29 is 13.9 Å². The summed E-state index contributed by atoms with van der Waals surface area (Å²) in [6, 6.07) is 7.04. The van der Waals surface area contributed by atoms with E-state index in [4.69, 9.17) is 16.3 Å². The summed E-state index contributed by atoms with van der Waals surface area (Å²) in [5.74, 6) is 0.322. The van der Waals surface area contributed by atoms with Crippen LogP contribution in [0.2, 0.25) is 5.02 Å². The summed E-state index contributed by atoms with van der Waals surface area (Å²) >= 11 is 5.84. The molecule has 1 saturated heterocycles. The third kappa shape index (κ3) is 4.56. The first-order chi connectivity index (χ1) is 14.1. The molecule has 1 aliphatic rings. The highest BCUT2D eigenvalue weighted by Gasteiger charge is 2.32. The lowest BCUT2D eigenvalue weighted by atomic mass is 9.95. The quantitative estimate of drug-likeness (QED) is 0.685. The predicted octanol–water partition coefficient (Wildman–Crippen LogP) is 3.19. The molecule has 29 heavy (non-hydrogen) atoms. The van der Waals surface area contributed by atoms with E-state index in [9.17, 15) is 9.18 Å². The Morgan fingerprint density at radius 1 is 1.34 bits per heavy atom. The molecule has 1 aliphatic heterocycles. The van der Waals surface area contributed by atoms with Gasteiger partial charge in [0.15, 0.2) is 5.82 Å². The molecule has 3 aromatic rings. The second-order valence-electron chi connectivity index (χ2n) is 6.91. The Labute approximate surface area is 171 Å². The third-order valence-electron chi connectivity index (χ3n) is 4.96. The van der Waals surface area contributed by atoms with Gasteiger partial charge in [0.25, 0.3) is 0 Å². The normalized spacial score (nSPS) is 19.3. The first-order valence-corrected chi connectivity index (χ1v) is 9.66. The van der Waals surface area contributed by atoms with E-state index in [2.05, 4.69) is 20.5 Å². The first-order valence-electron chi connectivity index (χ1n) is 9.28. The molecular weight excluding hydrogens is 399 g/mol. The molecule has 0 bridgehead atoms. The smallest absolute Gasteiger partial charge is 0.410 e. The first kappa shape index (κ1) is 19.4. The molecule has 4 rings (SSSR count). The van der Waals surface area contributed by atoms with E-state index in [-0.39, 0.29) is 19.1 Å². The number of likely N-dealkylation sites (tertiary alicyclic amines) is 1. The van der Waals surface area contributed by atoms with E-state index < -0.39 is 12.3 Å². The number of ether oxygens (including phenoxy) is 1. The zero-order valence-corrected chi connectivity index (χ0v) is 16.3. The maximum atomic E-state index is 14.7. The van der Waals surface area contributed by atoms with Crippen LogP contribution in [0, 0.1) is 5.92 Å². The van der Waals surface area contributed by atoms with Crippen molar-refractivity contribution in [3.8, 4) is 0 Å². The zero-order chi connectivity index (χ0) is 20.2. The van der Waals surface area contributed by atoms with Crippen molar-refractivity contribution >= 4 is 29.2 Å². The van der Waals surface area contributed by atoms with Gasteiger partial charge in [0, 0.05) is 36.4 Å². The monoisotopic (exact) mass is 418 g/mol. The number of rotatable bonds is 5. The largest absolute Gasteiger partial charge is 0.445 e. The number of hydrogen-bond donors (Lipinski definition) is 1. The maximum Gasteiger partial charge on any atom is 0.410 e. The Kier molecular flexibility index (Phi) is 5.75. The Balaban J connectivity index is 1.27. The van der Waals surface area contributed by atoms with Gasteiger partial charge in [-0.1, -0.05) is 23.7 Å². The van der Waals surface area contributed by atoms with E-state index in [1.165, 1.54) is 4.90 Å². The van der Waals surface area contributed by atoms with Crippen LogP contribution in [0.15, 0.2) is 43.0 Å². The predicted molar refractivity (Wildman–Crippen MR) is 105 cm³/mol. The number of piperidine rings is 1. The highest BCUT2D eigenvalue weighted by atomic mass is 35.5. The van der Waals surface area contributed by atoms with Crippen LogP contribution in [0.4, 0.5) is 15.0 Å². The van der Waals surface area contributed by atoms with Crippen LogP contribution in [-0.4, -0.2) is 56.4 Å². The molecular formula is C19H20ClFN6O2. The van der Waals surface area contributed by atoms with Crippen LogP contribution >= 0.6 is 11.6 Å². The van der Waals surface area contributed by atoms with Crippen LogP contribution in [0.25, 0.3) is 5.65 Å². The van der Waals surface area contributed by atoms with Gasteiger partial charge in [0.05, 0.1) is 6.54 Å². The molecule has 2 aromatic heterocycles. The Hall–Kier alpha value is -2.94. The van der Waals surface area contributed by atoms with Crippen LogP contribution in [0.1, 0.15) is 12.0 Å². The van der Waals surface area contributed by atoms with Gasteiger partial charge in [0.2, 0.25) is 5.65 Å². The van der Waals surface area contributed by atoms with Crippen LogP contribution in [0.5, 0.6) is 0 Å². The van der Waals surface area contributed by atoms with Crippen molar-refractivity contribution in [1.29, 1.82) is 0 Å². The van der Waals surface area contributed by atoms with E-state index in [0.717, 1.165) is 5.56 Å². The summed E-state index contributed by atoms with van der Waals surface area (Å²) in [6.07, 6.45) is 3.81. The van der Waals surface area contributed by atoms with E-state index >= 15 is 0 Å². The lowest BCUT2D eigenvalue weighted by Gasteiger charge is -2.34. The number of benzene rings is 1. The number of fused-ring (bicyclic) bond motifs is 1. The summed E-state index contributed by atoms with van der Waals surface area (Å²) in [4.78, 5) is 17.9. The Morgan fingerprint density at radius 2 is 2.17 bits per heavy atom. The number of aromatic nitrogens is 4. The third-order valence-corrected chi connectivity index (χ3v) is 5.21. The van der Waals surface area contributed by atoms with Crippen molar-refractivity contribution in [2.45, 2.75) is 19.2 Å². The van der Waals surface area contributed by atoms with Gasteiger partial charge in [-0.05, 0) is 24.1 Å². The Bertz CT molecular complexity index is 982. The highest BCUT2D eigenvalue weighted by molar-refractivity contribution is 6.30. The molecule has 8 nitrogen and oxygen atoms in total. The van der Waals surface area contributed by atoms with Crippen molar-refractivity contribution in [2.75, 3.05) is 25.0 Å². The van der Waals surface area contributed by atoms with Crippen molar-refractivity contribution in [1.82, 2.24) is 24.5 Å². The SMILES string of the molecule is O=C(OCc1ccc(Cl)cc1)N1CC[C@H](CNc2nccn3cnnc23)[C@H](F)C1. The van der Waals surface area contributed by atoms with Crippen molar-refractivity contribution in [3.05, 3.63) is 53.6 Å². The molecule has 3 heterocycles. The molecule has 10 heteroatoms. The molecule has 0 spiro atoms. The molecule has 1 N–H and O–H groups in total. The minimum absolute atomic E-state index is 0.00829. The molecule has 152 valence electrons. The number of carbonyl (C=O) groups excluding carboxylic acids is 1. The summed E-state index contributed by atoms with van der Waals surface area (Å²) in [6.45, 7) is 0.972. The number of hydrogen-bond acceptors (Lipinski definition) is 6. The van der Waals surface area contributed by atoms with E-state index in [1.807, 2.05) is 0 Å². The average molecular weight is 419 g/mol. The van der Waals surface area contributed by atoms with Gasteiger partial charge in [-0.15, -0.1) is 10.2 Å². The fraction of sp³-hybridized carbons (Fsp3) is 0.368. The Morgan fingerprint density at radius 3 is 2.97 bits per heavy atom. The fourth-order valence-electron chi connectivity index (χ4n) is 3.28. The standard InChI is InChI=1S/C19H20ClFN6O2/c20-15-3-1-13(2-4-15)11-29-19(28)26-7-5-14(16(21)10-26)9-23-17-18-25-24-12-27(18)8-6-22-17/h1-4,6,8,12,14,16H,5,7,9-11H2,(H,22,23)/t14-,16-/m1/s1. The second-order valence-corrected chi connectivity index (χ2v) is 7.35. The van der Waals surface area contributed by atoms with Gasteiger partial charge in [-0.25, -0.2) is 14.2 Å². The van der Waals surface area contributed by atoms with Gasteiger partial charge in [0.1, 0.15) is 19.1 Å².